The standard InChI is InChI=1S/C18H25N5O2/c1-12-11-22(9-10-23(12)17(24)25-18(2,3)4)16-15(19)20-13-7-5-6-8-14(13)21-16/h5-8,12H,9-11H2,1-4H3,(H2,19,20). The number of anilines is 2. The third kappa shape index (κ3) is 3.75. The van der Waals surface area contributed by atoms with Gasteiger partial charge in [0.2, 0.25) is 0 Å². The van der Waals surface area contributed by atoms with Crippen molar-refractivity contribution < 1.29 is 9.53 Å². The van der Waals surface area contributed by atoms with Crippen LogP contribution in [0.4, 0.5) is 16.4 Å². The summed E-state index contributed by atoms with van der Waals surface area (Å²) in [6.07, 6.45) is -0.280. The molecule has 1 fully saturated rings. The fourth-order valence-electron chi connectivity index (χ4n) is 2.98. The molecule has 2 heterocycles. The summed E-state index contributed by atoms with van der Waals surface area (Å²) in [5, 5.41) is 0. The summed E-state index contributed by atoms with van der Waals surface area (Å²) in [6.45, 7) is 9.45. The lowest BCUT2D eigenvalue weighted by Crippen LogP contribution is -2.55. The Balaban J connectivity index is 1.77. The normalized spacial score (nSPS) is 18.5. The van der Waals surface area contributed by atoms with Gasteiger partial charge in [0.1, 0.15) is 5.60 Å². The number of rotatable bonds is 1. The van der Waals surface area contributed by atoms with Gasteiger partial charge in [0, 0.05) is 25.7 Å². The highest BCUT2D eigenvalue weighted by molar-refractivity contribution is 5.80. The molecule has 2 aromatic rings. The number of benzene rings is 1. The molecular weight excluding hydrogens is 318 g/mol. The number of fused-ring (bicyclic) bond motifs is 1. The largest absolute Gasteiger partial charge is 0.444 e. The Morgan fingerprint density at radius 1 is 1.20 bits per heavy atom. The van der Waals surface area contributed by atoms with E-state index in [0.717, 1.165) is 11.0 Å². The maximum atomic E-state index is 12.3. The number of nitrogens with zero attached hydrogens (tertiary/aromatic N) is 4. The Morgan fingerprint density at radius 2 is 1.84 bits per heavy atom. The van der Waals surface area contributed by atoms with Gasteiger partial charge >= 0.3 is 6.09 Å². The monoisotopic (exact) mass is 343 g/mol. The molecule has 1 aromatic heterocycles. The fourth-order valence-corrected chi connectivity index (χ4v) is 2.98. The number of ether oxygens (including phenoxy) is 1. The fraction of sp³-hybridized carbons (Fsp3) is 0.500. The Labute approximate surface area is 147 Å². The van der Waals surface area contributed by atoms with Gasteiger partial charge in [-0.3, -0.25) is 0 Å². The van der Waals surface area contributed by atoms with Crippen molar-refractivity contribution in [2.75, 3.05) is 30.3 Å². The lowest BCUT2D eigenvalue weighted by molar-refractivity contribution is 0.0159. The average Bonchev–Trinajstić information content (AvgIpc) is 2.52. The average molecular weight is 343 g/mol. The Bertz CT molecular complexity index is 787. The van der Waals surface area contributed by atoms with Crippen LogP contribution in [-0.2, 0) is 4.74 Å². The highest BCUT2D eigenvalue weighted by Gasteiger charge is 2.32. The van der Waals surface area contributed by atoms with Crippen LogP contribution >= 0.6 is 0 Å². The molecule has 2 N–H and O–H groups in total. The Morgan fingerprint density at radius 3 is 2.44 bits per heavy atom. The molecule has 7 nitrogen and oxygen atoms in total. The smallest absolute Gasteiger partial charge is 0.410 e. The van der Waals surface area contributed by atoms with E-state index >= 15 is 0 Å². The number of nitrogens with two attached hydrogens (primary N) is 1. The molecule has 7 heteroatoms. The number of aromatic nitrogens is 2. The first kappa shape index (κ1) is 17.3. The maximum absolute atomic E-state index is 12.3. The number of para-hydroxylation sites is 2. The summed E-state index contributed by atoms with van der Waals surface area (Å²) >= 11 is 0. The molecule has 0 aliphatic carbocycles. The first-order valence-electron chi connectivity index (χ1n) is 8.51. The topological polar surface area (TPSA) is 84.6 Å². The van der Waals surface area contributed by atoms with Crippen molar-refractivity contribution in [1.29, 1.82) is 0 Å². The summed E-state index contributed by atoms with van der Waals surface area (Å²) in [5.74, 6) is 1.09. The van der Waals surface area contributed by atoms with Gasteiger partial charge in [0.15, 0.2) is 11.6 Å². The van der Waals surface area contributed by atoms with Crippen molar-refractivity contribution in [2.45, 2.75) is 39.3 Å². The number of nitrogen functional groups attached to an aromatic ring is 1. The van der Waals surface area contributed by atoms with Gasteiger partial charge < -0.3 is 20.3 Å². The minimum absolute atomic E-state index is 0.00345. The number of carbonyl (C=O) groups excluding carboxylic acids is 1. The van der Waals surface area contributed by atoms with Gasteiger partial charge in [-0.25, -0.2) is 14.8 Å². The summed E-state index contributed by atoms with van der Waals surface area (Å²) in [7, 11) is 0. The molecule has 0 saturated carbocycles. The second-order valence-electron chi connectivity index (χ2n) is 7.39. The molecular formula is C18H25N5O2. The second-order valence-corrected chi connectivity index (χ2v) is 7.39. The third-order valence-electron chi connectivity index (χ3n) is 4.13. The van der Waals surface area contributed by atoms with E-state index in [1.54, 1.807) is 4.90 Å². The second kappa shape index (κ2) is 6.38. The van der Waals surface area contributed by atoms with E-state index in [1.807, 2.05) is 52.0 Å². The van der Waals surface area contributed by atoms with E-state index in [9.17, 15) is 4.79 Å². The van der Waals surface area contributed by atoms with Crippen molar-refractivity contribution in [3.63, 3.8) is 0 Å². The zero-order valence-electron chi connectivity index (χ0n) is 15.2. The first-order chi connectivity index (χ1) is 11.7. The van der Waals surface area contributed by atoms with E-state index in [2.05, 4.69) is 14.9 Å². The SMILES string of the molecule is CC1CN(c2nc3ccccc3nc2N)CCN1C(=O)OC(C)(C)C. The highest BCUT2D eigenvalue weighted by atomic mass is 16.6. The maximum Gasteiger partial charge on any atom is 0.410 e. The first-order valence-corrected chi connectivity index (χ1v) is 8.51. The van der Waals surface area contributed by atoms with Crippen LogP contribution in [0.3, 0.4) is 0 Å². The van der Waals surface area contributed by atoms with E-state index in [0.29, 0.717) is 31.3 Å². The number of hydrogen-bond donors (Lipinski definition) is 1. The van der Waals surface area contributed by atoms with Gasteiger partial charge in [-0.2, -0.15) is 0 Å². The minimum Gasteiger partial charge on any atom is -0.444 e. The van der Waals surface area contributed by atoms with E-state index < -0.39 is 5.60 Å². The van der Waals surface area contributed by atoms with Crippen LogP contribution < -0.4 is 10.6 Å². The van der Waals surface area contributed by atoms with Gasteiger partial charge in [0.25, 0.3) is 0 Å². The van der Waals surface area contributed by atoms with Gasteiger partial charge in [-0.15, -0.1) is 0 Å². The molecule has 3 rings (SSSR count). The molecule has 1 saturated heterocycles. The quantitative estimate of drug-likeness (QED) is 0.857. The molecule has 25 heavy (non-hydrogen) atoms. The summed E-state index contributed by atoms with van der Waals surface area (Å²) in [5.41, 5.74) is 7.22. The lowest BCUT2D eigenvalue weighted by atomic mass is 10.2. The molecule has 1 aliphatic heterocycles. The summed E-state index contributed by atoms with van der Waals surface area (Å²) in [4.78, 5) is 25.3. The molecule has 1 atom stereocenters. The zero-order valence-corrected chi connectivity index (χ0v) is 15.2. The van der Waals surface area contributed by atoms with Gasteiger partial charge in [0.05, 0.1) is 11.0 Å². The van der Waals surface area contributed by atoms with E-state index in [-0.39, 0.29) is 12.1 Å². The summed E-state index contributed by atoms with van der Waals surface area (Å²) < 4.78 is 5.49. The number of piperazine rings is 1. The zero-order chi connectivity index (χ0) is 18.2. The lowest BCUT2D eigenvalue weighted by Gasteiger charge is -2.40. The third-order valence-corrected chi connectivity index (χ3v) is 4.13. The van der Waals surface area contributed by atoms with Crippen LogP contribution in [-0.4, -0.2) is 52.2 Å². The van der Waals surface area contributed by atoms with Crippen LogP contribution in [0.2, 0.25) is 0 Å². The molecule has 0 radical (unpaired) electrons. The van der Waals surface area contributed by atoms with E-state index in [1.165, 1.54) is 0 Å². The van der Waals surface area contributed by atoms with Crippen molar-refractivity contribution in [1.82, 2.24) is 14.9 Å². The van der Waals surface area contributed by atoms with Crippen molar-refractivity contribution in [3.8, 4) is 0 Å². The van der Waals surface area contributed by atoms with Gasteiger partial charge in [-0.1, -0.05) is 12.1 Å². The number of carbonyl (C=O) groups is 1. The highest BCUT2D eigenvalue weighted by Crippen LogP contribution is 2.25. The van der Waals surface area contributed by atoms with Crippen molar-refractivity contribution in [2.24, 2.45) is 0 Å². The van der Waals surface area contributed by atoms with E-state index in [4.69, 9.17) is 10.5 Å². The molecule has 1 aliphatic rings. The molecule has 0 spiro atoms. The number of hydrogen-bond acceptors (Lipinski definition) is 6. The predicted octanol–water partition coefficient (Wildman–Crippen LogP) is 2.66. The molecule has 1 amide bonds. The van der Waals surface area contributed by atoms with Crippen LogP contribution in [0.25, 0.3) is 11.0 Å². The molecule has 1 aromatic carbocycles. The molecule has 134 valence electrons. The Hall–Kier alpha value is -2.57. The van der Waals surface area contributed by atoms with Gasteiger partial charge in [-0.05, 0) is 39.8 Å². The van der Waals surface area contributed by atoms with Crippen molar-refractivity contribution >= 4 is 28.8 Å². The van der Waals surface area contributed by atoms with Crippen LogP contribution in [0, 0.1) is 0 Å². The molecule has 0 bridgehead atoms. The minimum atomic E-state index is -0.498. The van der Waals surface area contributed by atoms with Crippen LogP contribution in [0.5, 0.6) is 0 Å². The van der Waals surface area contributed by atoms with Crippen LogP contribution in [0.1, 0.15) is 27.7 Å². The number of amides is 1. The van der Waals surface area contributed by atoms with Crippen molar-refractivity contribution in [3.05, 3.63) is 24.3 Å². The van der Waals surface area contributed by atoms with Crippen LogP contribution in [0.15, 0.2) is 24.3 Å². The molecule has 1 unspecified atom stereocenters. The predicted molar refractivity (Wildman–Crippen MR) is 98.6 cm³/mol. The Kier molecular flexibility index (Phi) is 4.41. The summed E-state index contributed by atoms with van der Waals surface area (Å²) in [6, 6.07) is 7.66.